The second-order valence-electron chi connectivity index (χ2n) is 7.72. The molecule has 2 unspecified atom stereocenters. The normalized spacial score (nSPS) is 30.4. The summed E-state index contributed by atoms with van der Waals surface area (Å²) in [6.07, 6.45) is 9.91. The predicted octanol–water partition coefficient (Wildman–Crippen LogP) is 4.00. The molecule has 0 amide bonds. The molecule has 3 rings (SSSR count). The topological polar surface area (TPSA) is 51.0 Å². The van der Waals surface area contributed by atoms with Gasteiger partial charge >= 0.3 is 0 Å². The molecule has 4 nitrogen and oxygen atoms in total. The summed E-state index contributed by atoms with van der Waals surface area (Å²) >= 11 is 0. The molecule has 0 spiro atoms. The van der Waals surface area contributed by atoms with Crippen molar-refractivity contribution in [1.82, 2.24) is 15.5 Å². The highest BCUT2D eigenvalue weighted by Gasteiger charge is 2.33. The van der Waals surface area contributed by atoms with Crippen molar-refractivity contribution < 1.29 is 4.52 Å². The van der Waals surface area contributed by atoms with Gasteiger partial charge in [0.25, 0.3) is 0 Å². The lowest BCUT2D eigenvalue weighted by Crippen LogP contribution is -2.34. The van der Waals surface area contributed by atoms with E-state index < -0.39 is 0 Å². The van der Waals surface area contributed by atoms with Crippen LogP contribution in [-0.2, 0) is 0 Å². The monoisotopic (exact) mass is 291 g/mol. The van der Waals surface area contributed by atoms with E-state index in [0.717, 1.165) is 11.7 Å². The highest BCUT2D eigenvalue weighted by molar-refractivity contribution is 5.05. The van der Waals surface area contributed by atoms with Crippen molar-refractivity contribution in [3.05, 3.63) is 11.7 Å². The van der Waals surface area contributed by atoms with Crippen LogP contribution in [0.2, 0.25) is 0 Å². The number of hydrogen-bond donors (Lipinski definition) is 1. The first-order chi connectivity index (χ1) is 10.1. The molecule has 2 aliphatic rings. The molecular formula is C17H29N3O. The molecule has 0 bridgehead atoms. The van der Waals surface area contributed by atoms with E-state index >= 15 is 0 Å². The zero-order valence-corrected chi connectivity index (χ0v) is 13.7. The van der Waals surface area contributed by atoms with E-state index in [0.29, 0.717) is 23.3 Å². The van der Waals surface area contributed by atoms with E-state index in [9.17, 15) is 0 Å². The Morgan fingerprint density at radius 3 is 2.52 bits per heavy atom. The third-order valence-corrected chi connectivity index (χ3v) is 5.62. The molecule has 0 saturated heterocycles. The maximum atomic E-state index is 5.64. The molecule has 1 heterocycles. The number of aromatic nitrogens is 2. The Bertz CT molecular complexity index is 458. The summed E-state index contributed by atoms with van der Waals surface area (Å²) in [7, 11) is 2.05. The average molecular weight is 291 g/mol. The van der Waals surface area contributed by atoms with Gasteiger partial charge in [-0.15, -0.1) is 0 Å². The number of rotatable bonds is 3. The molecule has 0 radical (unpaired) electrons. The molecule has 4 heteroatoms. The maximum Gasteiger partial charge on any atom is 0.231 e. The smallest absolute Gasteiger partial charge is 0.231 e. The van der Waals surface area contributed by atoms with Crippen LogP contribution in [0.5, 0.6) is 0 Å². The fourth-order valence-electron chi connectivity index (χ4n) is 3.99. The molecular weight excluding hydrogens is 262 g/mol. The largest absolute Gasteiger partial charge is 0.339 e. The molecule has 2 atom stereocenters. The van der Waals surface area contributed by atoms with Crippen LogP contribution < -0.4 is 5.32 Å². The first-order valence-electron chi connectivity index (χ1n) is 8.60. The van der Waals surface area contributed by atoms with Gasteiger partial charge in [0.15, 0.2) is 5.82 Å². The van der Waals surface area contributed by atoms with E-state index in [1.807, 2.05) is 7.05 Å². The van der Waals surface area contributed by atoms with Gasteiger partial charge < -0.3 is 9.84 Å². The first kappa shape index (κ1) is 15.0. The number of nitrogens with one attached hydrogen (secondary N) is 1. The standard InChI is InChI=1S/C17H29N3O/c1-17(2)10-8-12(9-11-17)15-19-16(21-20-15)13-6-4-5-7-14(13)18-3/h12-14,18H,4-11H2,1-3H3. The van der Waals surface area contributed by atoms with E-state index in [2.05, 4.69) is 24.3 Å². The molecule has 1 aromatic heterocycles. The molecule has 0 aromatic carbocycles. The van der Waals surface area contributed by atoms with E-state index in [-0.39, 0.29) is 0 Å². The van der Waals surface area contributed by atoms with Crippen LogP contribution in [0, 0.1) is 5.41 Å². The maximum absolute atomic E-state index is 5.64. The second-order valence-corrected chi connectivity index (χ2v) is 7.72. The first-order valence-corrected chi connectivity index (χ1v) is 8.60. The third-order valence-electron chi connectivity index (χ3n) is 5.62. The summed E-state index contributed by atoms with van der Waals surface area (Å²) < 4.78 is 5.64. The predicted molar refractivity (Wildman–Crippen MR) is 83.3 cm³/mol. The number of likely N-dealkylation sites (N-methyl/N-ethyl adjacent to an activating group) is 1. The highest BCUT2D eigenvalue weighted by Crippen LogP contribution is 2.42. The second kappa shape index (κ2) is 6.07. The van der Waals surface area contributed by atoms with Crippen molar-refractivity contribution in [3.8, 4) is 0 Å². The van der Waals surface area contributed by atoms with Gasteiger partial charge in [-0.2, -0.15) is 4.98 Å². The minimum absolute atomic E-state index is 0.407. The summed E-state index contributed by atoms with van der Waals surface area (Å²) in [5.74, 6) is 2.74. The molecule has 118 valence electrons. The van der Waals surface area contributed by atoms with Crippen LogP contribution in [0.1, 0.15) is 88.8 Å². The highest BCUT2D eigenvalue weighted by atomic mass is 16.5. The van der Waals surface area contributed by atoms with Crippen LogP contribution in [0.3, 0.4) is 0 Å². The van der Waals surface area contributed by atoms with Crippen LogP contribution in [-0.4, -0.2) is 23.2 Å². The Labute approximate surface area is 128 Å². The van der Waals surface area contributed by atoms with Crippen LogP contribution in [0.25, 0.3) is 0 Å². The van der Waals surface area contributed by atoms with Crippen molar-refractivity contribution in [2.45, 2.75) is 83.1 Å². The molecule has 1 N–H and O–H groups in total. The summed E-state index contributed by atoms with van der Waals surface area (Å²) in [6, 6.07) is 0.498. The minimum atomic E-state index is 0.407. The van der Waals surface area contributed by atoms with Crippen LogP contribution in [0.4, 0.5) is 0 Å². The lowest BCUT2D eigenvalue weighted by molar-refractivity contribution is 0.218. The summed E-state index contributed by atoms with van der Waals surface area (Å²) in [5, 5.41) is 7.74. The third kappa shape index (κ3) is 3.31. The van der Waals surface area contributed by atoms with Crippen molar-refractivity contribution >= 4 is 0 Å². The average Bonchev–Trinajstić information content (AvgIpc) is 2.97. The van der Waals surface area contributed by atoms with Gasteiger partial charge in [0.05, 0.1) is 5.92 Å². The Hall–Kier alpha value is -0.900. The molecule has 0 aliphatic heterocycles. The van der Waals surface area contributed by atoms with Gasteiger partial charge in [-0.1, -0.05) is 31.8 Å². The van der Waals surface area contributed by atoms with Gasteiger partial charge in [-0.05, 0) is 51.0 Å². The van der Waals surface area contributed by atoms with Gasteiger partial charge in [0.2, 0.25) is 5.89 Å². The molecule has 2 aliphatic carbocycles. The quantitative estimate of drug-likeness (QED) is 0.914. The number of nitrogens with zero attached hydrogens (tertiary/aromatic N) is 2. The SMILES string of the molecule is CNC1CCCCC1c1nc(C2CCC(C)(C)CC2)no1. The van der Waals surface area contributed by atoms with Crippen LogP contribution >= 0.6 is 0 Å². The Morgan fingerprint density at radius 2 is 1.81 bits per heavy atom. The van der Waals surface area contributed by atoms with Gasteiger partial charge in [0, 0.05) is 12.0 Å². The fraction of sp³-hybridized carbons (Fsp3) is 0.882. The van der Waals surface area contributed by atoms with Crippen LogP contribution in [0.15, 0.2) is 4.52 Å². The number of hydrogen-bond acceptors (Lipinski definition) is 4. The lowest BCUT2D eigenvalue weighted by Gasteiger charge is -2.32. The van der Waals surface area contributed by atoms with Gasteiger partial charge in [-0.25, -0.2) is 0 Å². The molecule has 2 fully saturated rings. The zero-order valence-electron chi connectivity index (χ0n) is 13.7. The molecule has 1 aromatic rings. The van der Waals surface area contributed by atoms with Crippen molar-refractivity contribution in [3.63, 3.8) is 0 Å². The summed E-state index contributed by atoms with van der Waals surface area (Å²) in [6.45, 7) is 4.73. The zero-order chi connectivity index (χ0) is 14.9. The van der Waals surface area contributed by atoms with E-state index in [1.165, 1.54) is 51.4 Å². The Kier molecular flexibility index (Phi) is 4.34. The van der Waals surface area contributed by atoms with E-state index in [4.69, 9.17) is 9.51 Å². The molecule has 21 heavy (non-hydrogen) atoms. The summed E-state index contributed by atoms with van der Waals surface area (Å²) in [5.41, 5.74) is 0.490. The Balaban J connectivity index is 1.68. The minimum Gasteiger partial charge on any atom is -0.339 e. The van der Waals surface area contributed by atoms with Crippen molar-refractivity contribution in [2.75, 3.05) is 7.05 Å². The lowest BCUT2D eigenvalue weighted by atomic mass is 9.73. The molecule has 2 saturated carbocycles. The van der Waals surface area contributed by atoms with Crippen molar-refractivity contribution in [1.29, 1.82) is 0 Å². The summed E-state index contributed by atoms with van der Waals surface area (Å²) in [4.78, 5) is 4.79. The Morgan fingerprint density at radius 1 is 1.10 bits per heavy atom. The van der Waals surface area contributed by atoms with Gasteiger partial charge in [0.1, 0.15) is 0 Å². The van der Waals surface area contributed by atoms with Gasteiger partial charge in [-0.3, -0.25) is 0 Å². The van der Waals surface area contributed by atoms with Crippen molar-refractivity contribution in [2.24, 2.45) is 5.41 Å². The fourth-order valence-corrected chi connectivity index (χ4v) is 3.99. The van der Waals surface area contributed by atoms with E-state index in [1.54, 1.807) is 0 Å².